The van der Waals surface area contributed by atoms with Gasteiger partial charge in [0.25, 0.3) is 0 Å². The summed E-state index contributed by atoms with van der Waals surface area (Å²) < 4.78 is 5.64. The molecule has 106 valence electrons. The van der Waals surface area contributed by atoms with Crippen molar-refractivity contribution in [2.45, 2.75) is 58.6 Å². The van der Waals surface area contributed by atoms with Crippen molar-refractivity contribution < 1.29 is 4.74 Å². The van der Waals surface area contributed by atoms with Gasteiger partial charge in [-0.05, 0) is 39.7 Å². The van der Waals surface area contributed by atoms with E-state index < -0.39 is 0 Å². The summed E-state index contributed by atoms with van der Waals surface area (Å²) >= 11 is 0. The van der Waals surface area contributed by atoms with Crippen molar-refractivity contribution in [3.8, 4) is 0 Å². The van der Waals surface area contributed by atoms with Gasteiger partial charge in [-0.2, -0.15) is 0 Å². The SMILES string of the molecule is CCCNC(C)c1cnc(CC2CCCO2)nc1C. The summed E-state index contributed by atoms with van der Waals surface area (Å²) in [5, 5.41) is 3.48. The molecule has 0 radical (unpaired) electrons. The summed E-state index contributed by atoms with van der Waals surface area (Å²) in [7, 11) is 0. The van der Waals surface area contributed by atoms with Crippen LogP contribution in [0.4, 0.5) is 0 Å². The monoisotopic (exact) mass is 263 g/mol. The smallest absolute Gasteiger partial charge is 0.131 e. The Bertz CT molecular complexity index is 402. The summed E-state index contributed by atoms with van der Waals surface area (Å²) in [6.07, 6.45) is 6.58. The zero-order valence-electron chi connectivity index (χ0n) is 12.3. The average molecular weight is 263 g/mol. The van der Waals surface area contributed by atoms with Crippen LogP contribution in [0.25, 0.3) is 0 Å². The first-order chi connectivity index (χ1) is 9.20. The molecule has 19 heavy (non-hydrogen) atoms. The van der Waals surface area contributed by atoms with E-state index in [1.165, 1.54) is 12.0 Å². The number of nitrogens with one attached hydrogen (secondary N) is 1. The van der Waals surface area contributed by atoms with Crippen LogP contribution in [0.1, 0.15) is 56.2 Å². The molecule has 2 atom stereocenters. The number of aryl methyl sites for hydroxylation is 1. The first kappa shape index (κ1) is 14.4. The Balaban J connectivity index is 1.99. The maximum Gasteiger partial charge on any atom is 0.131 e. The summed E-state index contributed by atoms with van der Waals surface area (Å²) in [6, 6.07) is 0.316. The second-order valence-corrected chi connectivity index (χ2v) is 5.34. The van der Waals surface area contributed by atoms with Crippen molar-refractivity contribution in [2.24, 2.45) is 0 Å². The number of aromatic nitrogens is 2. The van der Waals surface area contributed by atoms with Crippen LogP contribution in [-0.2, 0) is 11.2 Å². The number of hydrogen-bond donors (Lipinski definition) is 1. The van der Waals surface area contributed by atoms with Gasteiger partial charge in [0.15, 0.2) is 0 Å². The number of ether oxygens (including phenoxy) is 1. The van der Waals surface area contributed by atoms with Crippen LogP contribution in [0.2, 0.25) is 0 Å². The van der Waals surface area contributed by atoms with E-state index in [9.17, 15) is 0 Å². The van der Waals surface area contributed by atoms with Crippen LogP contribution in [-0.4, -0.2) is 29.2 Å². The van der Waals surface area contributed by atoms with Crippen molar-refractivity contribution in [1.29, 1.82) is 0 Å². The third kappa shape index (κ3) is 3.98. The lowest BCUT2D eigenvalue weighted by atomic mass is 10.1. The maximum atomic E-state index is 5.64. The molecule has 2 rings (SSSR count). The minimum absolute atomic E-state index is 0.316. The molecule has 0 saturated carbocycles. The molecule has 0 amide bonds. The zero-order valence-corrected chi connectivity index (χ0v) is 12.3. The third-order valence-electron chi connectivity index (χ3n) is 3.67. The van der Waals surface area contributed by atoms with Gasteiger partial charge in [-0.3, -0.25) is 0 Å². The molecule has 2 heterocycles. The van der Waals surface area contributed by atoms with Crippen molar-refractivity contribution >= 4 is 0 Å². The Morgan fingerprint density at radius 2 is 2.37 bits per heavy atom. The molecule has 1 aliphatic rings. The highest BCUT2D eigenvalue weighted by Gasteiger charge is 2.18. The Hall–Kier alpha value is -1.00. The fourth-order valence-electron chi connectivity index (χ4n) is 2.53. The van der Waals surface area contributed by atoms with Crippen LogP contribution >= 0.6 is 0 Å². The van der Waals surface area contributed by atoms with E-state index in [1.54, 1.807) is 0 Å². The molecule has 4 heteroatoms. The standard InChI is InChI=1S/C15H25N3O/c1-4-7-16-11(2)14-10-17-15(18-12(14)3)9-13-6-5-8-19-13/h10-11,13,16H,4-9H2,1-3H3. The minimum Gasteiger partial charge on any atom is -0.378 e. The summed E-state index contributed by atoms with van der Waals surface area (Å²) in [5.41, 5.74) is 2.28. The molecule has 0 bridgehead atoms. The van der Waals surface area contributed by atoms with Gasteiger partial charge in [-0.15, -0.1) is 0 Å². The first-order valence-electron chi connectivity index (χ1n) is 7.38. The Labute approximate surface area is 116 Å². The van der Waals surface area contributed by atoms with Gasteiger partial charge >= 0.3 is 0 Å². The predicted octanol–water partition coefficient (Wildman–Crippen LogP) is 2.57. The molecule has 0 spiro atoms. The molecular weight excluding hydrogens is 238 g/mol. The predicted molar refractivity (Wildman–Crippen MR) is 76.2 cm³/mol. The van der Waals surface area contributed by atoms with E-state index in [2.05, 4.69) is 36.1 Å². The Morgan fingerprint density at radius 1 is 1.53 bits per heavy atom. The zero-order chi connectivity index (χ0) is 13.7. The van der Waals surface area contributed by atoms with Gasteiger partial charge in [-0.25, -0.2) is 9.97 Å². The number of hydrogen-bond acceptors (Lipinski definition) is 4. The lowest BCUT2D eigenvalue weighted by Crippen LogP contribution is -2.21. The molecule has 1 aromatic rings. The molecule has 1 fully saturated rings. The van der Waals surface area contributed by atoms with E-state index in [-0.39, 0.29) is 0 Å². The first-order valence-corrected chi connectivity index (χ1v) is 7.38. The normalized spacial score (nSPS) is 20.7. The molecule has 2 unspecified atom stereocenters. The van der Waals surface area contributed by atoms with Gasteiger partial charge in [0.1, 0.15) is 5.82 Å². The number of nitrogens with zero attached hydrogens (tertiary/aromatic N) is 2. The molecule has 4 nitrogen and oxygen atoms in total. The van der Waals surface area contributed by atoms with Crippen LogP contribution < -0.4 is 5.32 Å². The Morgan fingerprint density at radius 3 is 3.00 bits per heavy atom. The van der Waals surface area contributed by atoms with Crippen molar-refractivity contribution in [2.75, 3.05) is 13.2 Å². The molecule has 0 aromatic carbocycles. The quantitative estimate of drug-likeness (QED) is 0.857. The van der Waals surface area contributed by atoms with E-state index in [4.69, 9.17) is 4.74 Å². The van der Waals surface area contributed by atoms with E-state index in [0.717, 1.165) is 43.9 Å². The summed E-state index contributed by atoms with van der Waals surface area (Å²) in [4.78, 5) is 9.14. The van der Waals surface area contributed by atoms with Gasteiger partial charge in [-0.1, -0.05) is 6.92 Å². The van der Waals surface area contributed by atoms with Crippen molar-refractivity contribution in [3.05, 3.63) is 23.3 Å². The highest BCUT2D eigenvalue weighted by Crippen LogP contribution is 2.18. The van der Waals surface area contributed by atoms with E-state index in [1.807, 2.05) is 6.20 Å². The van der Waals surface area contributed by atoms with Gasteiger partial charge in [0.2, 0.25) is 0 Å². The summed E-state index contributed by atoms with van der Waals surface area (Å²) in [5.74, 6) is 0.913. The van der Waals surface area contributed by atoms with Crippen LogP contribution in [0, 0.1) is 6.92 Å². The molecular formula is C15H25N3O. The second kappa shape index (κ2) is 6.96. The maximum absolute atomic E-state index is 5.64. The van der Waals surface area contributed by atoms with Crippen molar-refractivity contribution in [1.82, 2.24) is 15.3 Å². The largest absolute Gasteiger partial charge is 0.378 e. The fourth-order valence-corrected chi connectivity index (χ4v) is 2.53. The highest BCUT2D eigenvalue weighted by molar-refractivity contribution is 5.20. The van der Waals surface area contributed by atoms with Gasteiger partial charge in [0.05, 0.1) is 6.10 Å². The lowest BCUT2D eigenvalue weighted by molar-refractivity contribution is 0.110. The molecule has 1 N–H and O–H groups in total. The molecule has 1 aromatic heterocycles. The van der Waals surface area contributed by atoms with Crippen LogP contribution in [0.15, 0.2) is 6.20 Å². The third-order valence-corrected chi connectivity index (χ3v) is 3.67. The van der Waals surface area contributed by atoms with Crippen LogP contribution in [0.3, 0.4) is 0 Å². The Kier molecular flexibility index (Phi) is 5.28. The summed E-state index contributed by atoms with van der Waals surface area (Å²) in [6.45, 7) is 8.33. The minimum atomic E-state index is 0.316. The molecule has 1 aliphatic heterocycles. The lowest BCUT2D eigenvalue weighted by Gasteiger charge is -2.16. The topological polar surface area (TPSA) is 47.0 Å². The van der Waals surface area contributed by atoms with Gasteiger partial charge in [0, 0.05) is 36.5 Å². The van der Waals surface area contributed by atoms with Gasteiger partial charge < -0.3 is 10.1 Å². The highest BCUT2D eigenvalue weighted by atomic mass is 16.5. The van der Waals surface area contributed by atoms with E-state index in [0.29, 0.717) is 12.1 Å². The van der Waals surface area contributed by atoms with Crippen LogP contribution in [0.5, 0.6) is 0 Å². The fraction of sp³-hybridized carbons (Fsp3) is 0.733. The molecule has 1 saturated heterocycles. The van der Waals surface area contributed by atoms with Crippen molar-refractivity contribution in [3.63, 3.8) is 0 Å². The second-order valence-electron chi connectivity index (χ2n) is 5.34. The van der Waals surface area contributed by atoms with E-state index >= 15 is 0 Å². The average Bonchev–Trinajstić information content (AvgIpc) is 2.89. The number of rotatable bonds is 6. The molecule has 0 aliphatic carbocycles.